The molecule has 0 fully saturated rings. The van der Waals surface area contributed by atoms with Gasteiger partial charge in [-0.1, -0.05) is 17.7 Å². The summed E-state index contributed by atoms with van der Waals surface area (Å²) in [4.78, 5) is 12.0. The van der Waals surface area contributed by atoms with Crippen LogP contribution in [0.25, 0.3) is 0 Å². The molecule has 2 aromatic carbocycles. The molecule has 0 bridgehead atoms. The number of nitrogens with zero attached hydrogens (tertiary/aromatic N) is 1. The molecule has 2 aromatic rings. The van der Waals surface area contributed by atoms with E-state index in [1.807, 2.05) is 0 Å². The highest BCUT2D eigenvalue weighted by Crippen LogP contribution is 2.22. The fraction of sp³-hybridized carbons (Fsp3) is 0. The molecule has 0 heterocycles. The first-order valence-electron chi connectivity index (χ1n) is 5.58. The minimum absolute atomic E-state index is 0.103. The van der Waals surface area contributed by atoms with E-state index >= 15 is 0 Å². The number of halogens is 2. The van der Waals surface area contributed by atoms with Crippen LogP contribution in [0.1, 0.15) is 15.9 Å². The summed E-state index contributed by atoms with van der Waals surface area (Å²) in [6, 6.07) is 10.1. The number of carbonyl (C=O) groups excluding carboxylic acids is 1. The monoisotopic (exact) mass is 289 g/mol. The van der Waals surface area contributed by atoms with Crippen molar-refractivity contribution >= 4 is 28.9 Å². The van der Waals surface area contributed by atoms with E-state index in [1.165, 1.54) is 30.3 Å². The minimum Gasteiger partial charge on any atom is -0.398 e. The lowest BCUT2D eigenvalue weighted by Gasteiger charge is -2.08. The Labute approximate surface area is 119 Å². The molecule has 6 heteroatoms. The number of benzene rings is 2. The van der Waals surface area contributed by atoms with Crippen molar-refractivity contribution in [3.8, 4) is 6.07 Å². The van der Waals surface area contributed by atoms with Crippen LogP contribution in [0.15, 0.2) is 36.4 Å². The van der Waals surface area contributed by atoms with Crippen LogP contribution in [0.4, 0.5) is 15.8 Å². The summed E-state index contributed by atoms with van der Waals surface area (Å²) >= 11 is 5.76. The van der Waals surface area contributed by atoms with Gasteiger partial charge in [-0.25, -0.2) is 4.39 Å². The summed E-state index contributed by atoms with van der Waals surface area (Å²) in [5, 5.41) is 11.7. The third-order valence-electron chi connectivity index (χ3n) is 2.63. The number of carbonyl (C=O) groups is 1. The Hall–Kier alpha value is -2.58. The molecule has 0 aliphatic carbocycles. The average Bonchev–Trinajstić information content (AvgIpc) is 2.42. The molecule has 0 unspecified atom stereocenters. The number of hydrogen-bond acceptors (Lipinski definition) is 3. The number of amides is 1. The van der Waals surface area contributed by atoms with Crippen molar-refractivity contribution in [1.82, 2.24) is 0 Å². The van der Waals surface area contributed by atoms with Crippen LogP contribution >= 0.6 is 11.6 Å². The molecule has 20 heavy (non-hydrogen) atoms. The normalized spacial score (nSPS) is 9.85. The molecular weight excluding hydrogens is 281 g/mol. The summed E-state index contributed by atoms with van der Waals surface area (Å²) in [7, 11) is 0. The largest absolute Gasteiger partial charge is 0.398 e. The smallest absolute Gasteiger partial charge is 0.255 e. The van der Waals surface area contributed by atoms with E-state index in [0.717, 1.165) is 6.07 Å². The van der Waals surface area contributed by atoms with Crippen molar-refractivity contribution in [1.29, 1.82) is 5.26 Å². The van der Waals surface area contributed by atoms with Crippen molar-refractivity contribution < 1.29 is 9.18 Å². The predicted molar refractivity (Wildman–Crippen MR) is 74.9 cm³/mol. The van der Waals surface area contributed by atoms with Crippen LogP contribution in [0, 0.1) is 17.1 Å². The van der Waals surface area contributed by atoms with Gasteiger partial charge in [-0.3, -0.25) is 4.79 Å². The maximum Gasteiger partial charge on any atom is 0.255 e. The standard InChI is InChI=1S/C14H9ClFN3O/c15-10-5-4-8(6-12(10)18)14(20)19-13-3-1-2-11(16)9(13)7-17/h1-6H,18H2,(H,19,20). The van der Waals surface area contributed by atoms with E-state index in [9.17, 15) is 9.18 Å². The summed E-state index contributed by atoms with van der Waals surface area (Å²) in [6.07, 6.45) is 0. The second kappa shape index (κ2) is 5.59. The van der Waals surface area contributed by atoms with Gasteiger partial charge in [0.2, 0.25) is 0 Å². The fourth-order valence-electron chi connectivity index (χ4n) is 1.62. The minimum atomic E-state index is -0.694. The Balaban J connectivity index is 2.31. The molecule has 0 saturated carbocycles. The Morgan fingerprint density at radius 2 is 2.10 bits per heavy atom. The first-order valence-corrected chi connectivity index (χ1v) is 5.95. The first kappa shape index (κ1) is 13.8. The molecular formula is C14H9ClFN3O. The van der Waals surface area contributed by atoms with Crippen molar-refractivity contribution in [2.45, 2.75) is 0 Å². The molecule has 4 nitrogen and oxygen atoms in total. The zero-order valence-electron chi connectivity index (χ0n) is 10.2. The molecule has 0 aliphatic heterocycles. The fourth-order valence-corrected chi connectivity index (χ4v) is 1.74. The van der Waals surface area contributed by atoms with Gasteiger partial charge in [-0.15, -0.1) is 0 Å². The Bertz CT molecular complexity index is 725. The Morgan fingerprint density at radius 1 is 1.35 bits per heavy atom. The highest BCUT2D eigenvalue weighted by Gasteiger charge is 2.12. The number of nitrogen functional groups attached to an aromatic ring is 1. The van der Waals surface area contributed by atoms with Crippen molar-refractivity contribution in [3.63, 3.8) is 0 Å². The van der Waals surface area contributed by atoms with Crippen LogP contribution in [-0.4, -0.2) is 5.91 Å². The maximum absolute atomic E-state index is 13.4. The van der Waals surface area contributed by atoms with Gasteiger partial charge in [0.05, 0.1) is 16.4 Å². The van der Waals surface area contributed by atoms with Crippen molar-refractivity contribution in [2.75, 3.05) is 11.1 Å². The van der Waals surface area contributed by atoms with Gasteiger partial charge in [-0.2, -0.15) is 5.26 Å². The predicted octanol–water partition coefficient (Wildman–Crippen LogP) is 3.19. The zero-order chi connectivity index (χ0) is 14.7. The van der Waals surface area contributed by atoms with Gasteiger partial charge in [-0.05, 0) is 30.3 Å². The summed E-state index contributed by atoms with van der Waals surface area (Å²) < 4.78 is 13.4. The number of anilines is 2. The number of nitriles is 1. The second-order valence-corrected chi connectivity index (χ2v) is 4.37. The van der Waals surface area contributed by atoms with E-state index < -0.39 is 11.7 Å². The summed E-state index contributed by atoms with van der Waals surface area (Å²) in [6.45, 7) is 0. The van der Waals surface area contributed by atoms with Gasteiger partial charge in [0.1, 0.15) is 17.4 Å². The lowest BCUT2D eigenvalue weighted by atomic mass is 10.1. The van der Waals surface area contributed by atoms with Gasteiger partial charge in [0.15, 0.2) is 0 Å². The Kier molecular flexibility index (Phi) is 3.87. The van der Waals surface area contributed by atoms with Crippen molar-refractivity contribution in [2.24, 2.45) is 0 Å². The number of rotatable bonds is 2. The Morgan fingerprint density at radius 3 is 2.75 bits per heavy atom. The average molecular weight is 290 g/mol. The van der Waals surface area contributed by atoms with Crippen LogP contribution in [0.3, 0.4) is 0 Å². The topological polar surface area (TPSA) is 78.9 Å². The zero-order valence-corrected chi connectivity index (χ0v) is 10.9. The van der Waals surface area contributed by atoms with Crippen molar-refractivity contribution in [3.05, 3.63) is 58.4 Å². The molecule has 0 saturated heterocycles. The van der Waals surface area contributed by atoms with Gasteiger partial charge in [0, 0.05) is 5.56 Å². The van der Waals surface area contributed by atoms with E-state index in [0.29, 0.717) is 5.02 Å². The van der Waals surface area contributed by atoms with Gasteiger partial charge >= 0.3 is 0 Å². The molecule has 2 rings (SSSR count). The van der Waals surface area contributed by atoms with E-state index in [1.54, 1.807) is 6.07 Å². The number of nitrogens with one attached hydrogen (secondary N) is 1. The molecule has 0 aromatic heterocycles. The third-order valence-corrected chi connectivity index (χ3v) is 2.98. The highest BCUT2D eigenvalue weighted by molar-refractivity contribution is 6.33. The lowest BCUT2D eigenvalue weighted by molar-refractivity contribution is 0.102. The van der Waals surface area contributed by atoms with Gasteiger partial charge < -0.3 is 11.1 Å². The summed E-state index contributed by atoms with van der Waals surface area (Å²) in [5.74, 6) is -1.20. The van der Waals surface area contributed by atoms with Crippen LogP contribution in [0.5, 0.6) is 0 Å². The molecule has 0 aliphatic rings. The first-order chi connectivity index (χ1) is 9.52. The molecule has 0 atom stereocenters. The summed E-state index contributed by atoms with van der Waals surface area (Å²) in [5.41, 5.74) is 6.02. The van der Waals surface area contributed by atoms with E-state index in [2.05, 4.69) is 5.32 Å². The molecule has 0 spiro atoms. The van der Waals surface area contributed by atoms with E-state index in [-0.39, 0.29) is 22.5 Å². The second-order valence-electron chi connectivity index (χ2n) is 3.96. The SMILES string of the molecule is N#Cc1c(F)cccc1NC(=O)c1ccc(Cl)c(N)c1. The lowest BCUT2D eigenvalue weighted by Crippen LogP contribution is -2.13. The highest BCUT2D eigenvalue weighted by atomic mass is 35.5. The maximum atomic E-state index is 13.4. The van der Waals surface area contributed by atoms with E-state index in [4.69, 9.17) is 22.6 Å². The quantitative estimate of drug-likeness (QED) is 0.833. The number of hydrogen-bond donors (Lipinski definition) is 2. The third kappa shape index (κ3) is 2.71. The van der Waals surface area contributed by atoms with Gasteiger partial charge in [0.25, 0.3) is 5.91 Å². The molecule has 3 N–H and O–H groups in total. The van der Waals surface area contributed by atoms with Crippen LogP contribution < -0.4 is 11.1 Å². The van der Waals surface area contributed by atoms with Crippen LogP contribution in [-0.2, 0) is 0 Å². The molecule has 0 radical (unpaired) electrons. The number of nitrogens with two attached hydrogens (primary N) is 1. The molecule has 1 amide bonds. The van der Waals surface area contributed by atoms with Crippen LogP contribution in [0.2, 0.25) is 5.02 Å². The molecule has 100 valence electrons.